The van der Waals surface area contributed by atoms with Crippen LogP contribution in [0.3, 0.4) is 0 Å². The Balaban J connectivity index is 3.24. The molecule has 1 rings (SSSR count). The zero-order chi connectivity index (χ0) is 10.7. The number of halogens is 2. The highest BCUT2D eigenvalue weighted by atomic mass is 35.5. The van der Waals surface area contributed by atoms with Crippen molar-refractivity contribution in [3.05, 3.63) is 40.4 Å². The molecule has 0 aliphatic heterocycles. The molecule has 1 unspecified atom stereocenters. The van der Waals surface area contributed by atoms with Crippen LogP contribution >= 0.6 is 23.2 Å². The van der Waals surface area contributed by atoms with Crippen molar-refractivity contribution in [2.75, 3.05) is 7.11 Å². The van der Waals surface area contributed by atoms with Gasteiger partial charge in [-0.15, -0.1) is 6.58 Å². The molecule has 0 aliphatic carbocycles. The van der Waals surface area contributed by atoms with Gasteiger partial charge in [-0.2, -0.15) is 0 Å². The quantitative estimate of drug-likeness (QED) is 0.812. The Labute approximate surface area is 92.7 Å². The summed E-state index contributed by atoms with van der Waals surface area (Å²) in [5.41, 5.74) is 0.448. The molecular formula is C10H10Cl2O2. The topological polar surface area (TPSA) is 29.5 Å². The van der Waals surface area contributed by atoms with Crippen LogP contribution in [0.5, 0.6) is 5.75 Å². The molecule has 0 aliphatic rings. The van der Waals surface area contributed by atoms with Crippen LogP contribution in [0.4, 0.5) is 0 Å². The number of rotatable bonds is 3. The van der Waals surface area contributed by atoms with E-state index in [9.17, 15) is 5.11 Å². The van der Waals surface area contributed by atoms with Gasteiger partial charge in [0.1, 0.15) is 5.75 Å². The fraction of sp³-hybridized carbons (Fsp3) is 0.200. The Bertz CT molecular complexity index is 327. The van der Waals surface area contributed by atoms with Crippen molar-refractivity contribution < 1.29 is 9.84 Å². The Kier molecular flexibility index (Phi) is 3.81. The molecular weight excluding hydrogens is 223 g/mol. The first-order valence-corrected chi connectivity index (χ1v) is 4.69. The molecule has 0 heterocycles. The van der Waals surface area contributed by atoms with E-state index >= 15 is 0 Å². The first-order valence-electron chi connectivity index (χ1n) is 3.93. The van der Waals surface area contributed by atoms with E-state index in [1.54, 1.807) is 12.1 Å². The number of ether oxygens (including phenoxy) is 1. The molecule has 0 spiro atoms. The van der Waals surface area contributed by atoms with Gasteiger partial charge in [-0.25, -0.2) is 0 Å². The number of hydrogen-bond donors (Lipinski definition) is 1. The summed E-state index contributed by atoms with van der Waals surface area (Å²) in [6.07, 6.45) is 0.500. The minimum Gasteiger partial charge on any atom is -0.497 e. The van der Waals surface area contributed by atoms with E-state index in [0.29, 0.717) is 21.4 Å². The Morgan fingerprint density at radius 2 is 1.93 bits per heavy atom. The van der Waals surface area contributed by atoms with E-state index in [1.165, 1.54) is 13.2 Å². The van der Waals surface area contributed by atoms with E-state index in [0.717, 1.165) is 0 Å². The largest absolute Gasteiger partial charge is 0.497 e. The summed E-state index contributed by atoms with van der Waals surface area (Å²) in [7, 11) is 1.52. The number of methoxy groups -OCH3 is 1. The van der Waals surface area contributed by atoms with Gasteiger partial charge in [0, 0.05) is 5.56 Å². The average Bonchev–Trinajstić information content (AvgIpc) is 2.16. The molecule has 0 saturated carbocycles. The van der Waals surface area contributed by atoms with Gasteiger partial charge in [0.25, 0.3) is 0 Å². The molecule has 0 bridgehead atoms. The summed E-state index contributed by atoms with van der Waals surface area (Å²) in [5, 5.41) is 10.3. The first-order chi connectivity index (χ1) is 6.60. The molecule has 76 valence electrons. The Morgan fingerprint density at radius 1 is 1.43 bits per heavy atom. The minimum atomic E-state index is -0.860. The van der Waals surface area contributed by atoms with Crippen molar-refractivity contribution in [3.63, 3.8) is 0 Å². The molecule has 2 nitrogen and oxygen atoms in total. The predicted molar refractivity (Wildman–Crippen MR) is 58.2 cm³/mol. The smallest absolute Gasteiger partial charge is 0.121 e. The second kappa shape index (κ2) is 4.69. The fourth-order valence-corrected chi connectivity index (χ4v) is 1.77. The summed E-state index contributed by atoms with van der Waals surface area (Å²) in [6.45, 7) is 3.46. The fourth-order valence-electron chi connectivity index (χ4n) is 1.08. The van der Waals surface area contributed by atoms with Crippen molar-refractivity contribution in [3.8, 4) is 5.75 Å². The van der Waals surface area contributed by atoms with Gasteiger partial charge >= 0.3 is 0 Å². The lowest BCUT2D eigenvalue weighted by Crippen LogP contribution is -1.96. The number of aliphatic hydroxyl groups excluding tert-OH is 1. The molecule has 0 fully saturated rings. The molecule has 0 radical (unpaired) electrons. The van der Waals surface area contributed by atoms with E-state index < -0.39 is 6.10 Å². The number of hydrogen-bond acceptors (Lipinski definition) is 2. The normalized spacial score (nSPS) is 12.3. The Hall–Kier alpha value is -0.700. The molecule has 4 heteroatoms. The maximum atomic E-state index is 9.53. The summed E-state index contributed by atoms with van der Waals surface area (Å²) in [5.74, 6) is 0.556. The van der Waals surface area contributed by atoms with Crippen LogP contribution in [0.1, 0.15) is 11.7 Å². The average molecular weight is 233 g/mol. The van der Waals surface area contributed by atoms with E-state index in [-0.39, 0.29) is 0 Å². The van der Waals surface area contributed by atoms with Crippen LogP contribution in [0.2, 0.25) is 10.0 Å². The number of benzene rings is 1. The van der Waals surface area contributed by atoms with Crippen LogP contribution in [0.15, 0.2) is 24.8 Å². The van der Waals surface area contributed by atoms with Gasteiger partial charge in [-0.1, -0.05) is 29.3 Å². The third-order valence-electron chi connectivity index (χ3n) is 1.81. The first kappa shape index (κ1) is 11.4. The van der Waals surface area contributed by atoms with Gasteiger partial charge in [0.2, 0.25) is 0 Å². The lowest BCUT2D eigenvalue weighted by atomic mass is 10.1. The molecule has 0 saturated heterocycles. The summed E-state index contributed by atoms with van der Waals surface area (Å²) in [4.78, 5) is 0. The highest BCUT2D eigenvalue weighted by Gasteiger charge is 2.14. The zero-order valence-electron chi connectivity index (χ0n) is 7.63. The minimum absolute atomic E-state index is 0.363. The SMILES string of the molecule is C=CC(O)c1c(Cl)cc(OC)cc1Cl. The zero-order valence-corrected chi connectivity index (χ0v) is 9.14. The molecule has 14 heavy (non-hydrogen) atoms. The third kappa shape index (κ3) is 2.21. The van der Waals surface area contributed by atoms with E-state index in [2.05, 4.69) is 6.58 Å². The highest BCUT2D eigenvalue weighted by Crippen LogP contribution is 2.34. The van der Waals surface area contributed by atoms with Crippen molar-refractivity contribution >= 4 is 23.2 Å². The molecule has 1 aromatic carbocycles. The maximum Gasteiger partial charge on any atom is 0.121 e. The van der Waals surface area contributed by atoms with Crippen molar-refractivity contribution in [1.82, 2.24) is 0 Å². The standard InChI is InChI=1S/C10H10Cl2O2/c1-3-9(13)10-7(11)4-6(14-2)5-8(10)12/h3-5,9,13H,1H2,2H3. The van der Waals surface area contributed by atoms with Crippen LogP contribution in [0.25, 0.3) is 0 Å². The summed E-state index contributed by atoms with van der Waals surface area (Å²) in [6, 6.07) is 3.19. The maximum absolute atomic E-state index is 9.53. The highest BCUT2D eigenvalue weighted by molar-refractivity contribution is 6.36. The van der Waals surface area contributed by atoms with Crippen LogP contribution < -0.4 is 4.74 Å². The summed E-state index contributed by atoms with van der Waals surface area (Å²) < 4.78 is 4.97. The van der Waals surface area contributed by atoms with Gasteiger partial charge in [0.05, 0.1) is 23.3 Å². The molecule has 1 aromatic rings. The van der Waals surface area contributed by atoms with Gasteiger partial charge in [-0.3, -0.25) is 0 Å². The lowest BCUT2D eigenvalue weighted by molar-refractivity contribution is 0.229. The molecule has 1 atom stereocenters. The second-order valence-electron chi connectivity index (χ2n) is 2.69. The van der Waals surface area contributed by atoms with Crippen molar-refractivity contribution in [2.24, 2.45) is 0 Å². The van der Waals surface area contributed by atoms with Crippen molar-refractivity contribution in [2.45, 2.75) is 6.10 Å². The monoisotopic (exact) mass is 232 g/mol. The number of aliphatic hydroxyl groups is 1. The van der Waals surface area contributed by atoms with Crippen molar-refractivity contribution in [1.29, 1.82) is 0 Å². The molecule has 0 amide bonds. The van der Waals surface area contributed by atoms with E-state index in [4.69, 9.17) is 27.9 Å². The summed E-state index contributed by atoms with van der Waals surface area (Å²) >= 11 is 11.8. The van der Waals surface area contributed by atoms with Crippen LogP contribution in [0, 0.1) is 0 Å². The van der Waals surface area contributed by atoms with E-state index in [1.807, 2.05) is 0 Å². The molecule has 1 N–H and O–H groups in total. The molecule has 0 aromatic heterocycles. The second-order valence-corrected chi connectivity index (χ2v) is 3.50. The predicted octanol–water partition coefficient (Wildman–Crippen LogP) is 3.22. The lowest BCUT2D eigenvalue weighted by Gasteiger charge is -2.11. The van der Waals surface area contributed by atoms with Gasteiger partial charge in [0.15, 0.2) is 0 Å². The van der Waals surface area contributed by atoms with Gasteiger partial charge in [-0.05, 0) is 12.1 Å². The van der Waals surface area contributed by atoms with Crippen LogP contribution in [-0.2, 0) is 0 Å². The Morgan fingerprint density at radius 3 is 2.29 bits per heavy atom. The third-order valence-corrected chi connectivity index (χ3v) is 2.43. The van der Waals surface area contributed by atoms with Crippen LogP contribution in [-0.4, -0.2) is 12.2 Å². The van der Waals surface area contributed by atoms with Gasteiger partial charge < -0.3 is 9.84 Å².